The van der Waals surface area contributed by atoms with Crippen LogP contribution in [0.4, 0.5) is 0 Å². The molecule has 1 heterocycles. The highest BCUT2D eigenvalue weighted by Crippen LogP contribution is 1.89. The number of rotatable bonds is 4. The third-order valence-corrected chi connectivity index (χ3v) is 1.28. The summed E-state index contributed by atoms with van der Waals surface area (Å²) in [6.45, 7) is 2.66. The van der Waals surface area contributed by atoms with E-state index in [1.54, 1.807) is 10.8 Å². The second-order valence-electron chi connectivity index (χ2n) is 2.40. The molecular formula is C8H11N2O2. The molecule has 0 N–H and O–H groups in total. The van der Waals surface area contributed by atoms with E-state index in [1.165, 1.54) is 6.33 Å². The SMILES string of the molecule is CCCOC(=O)Cn1c[c]nc1. The molecular weight excluding hydrogens is 156 g/mol. The van der Waals surface area contributed by atoms with Crippen LogP contribution in [-0.2, 0) is 16.1 Å². The minimum Gasteiger partial charge on any atom is -0.464 e. The van der Waals surface area contributed by atoms with Gasteiger partial charge in [-0.2, -0.15) is 0 Å². The summed E-state index contributed by atoms with van der Waals surface area (Å²) in [5, 5.41) is 0. The number of hydrogen-bond acceptors (Lipinski definition) is 3. The Bertz CT molecular complexity index is 231. The highest BCUT2D eigenvalue weighted by atomic mass is 16.5. The molecule has 0 unspecified atom stereocenters. The minimum absolute atomic E-state index is 0.219. The molecule has 0 atom stereocenters. The molecule has 0 fully saturated rings. The fourth-order valence-electron chi connectivity index (χ4n) is 0.745. The predicted molar refractivity (Wildman–Crippen MR) is 42.3 cm³/mol. The largest absolute Gasteiger partial charge is 0.464 e. The molecule has 65 valence electrons. The van der Waals surface area contributed by atoms with Crippen LogP contribution in [0.25, 0.3) is 0 Å². The first-order valence-corrected chi connectivity index (χ1v) is 3.86. The van der Waals surface area contributed by atoms with Crippen molar-refractivity contribution in [2.75, 3.05) is 6.61 Å². The van der Waals surface area contributed by atoms with Crippen LogP contribution in [0.5, 0.6) is 0 Å². The van der Waals surface area contributed by atoms with E-state index in [0.29, 0.717) is 6.61 Å². The van der Waals surface area contributed by atoms with Gasteiger partial charge in [-0.25, -0.2) is 4.98 Å². The Morgan fingerprint density at radius 3 is 3.17 bits per heavy atom. The Labute approximate surface area is 71.2 Å². The monoisotopic (exact) mass is 167 g/mol. The fourth-order valence-corrected chi connectivity index (χ4v) is 0.745. The minimum atomic E-state index is -0.233. The Morgan fingerprint density at radius 2 is 2.58 bits per heavy atom. The summed E-state index contributed by atoms with van der Waals surface area (Å²) in [4.78, 5) is 14.7. The number of ether oxygens (including phenoxy) is 1. The van der Waals surface area contributed by atoms with E-state index in [1.807, 2.05) is 6.92 Å². The van der Waals surface area contributed by atoms with Crippen LogP contribution < -0.4 is 0 Å². The number of carbonyl (C=O) groups is 1. The lowest BCUT2D eigenvalue weighted by molar-refractivity contribution is -0.144. The van der Waals surface area contributed by atoms with Crippen molar-refractivity contribution in [1.82, 2.24) is 9.55 Å². The van der Waals surface area contributed by atoms with E-state index in [0.717, 1.165) is 6.42 Å². The molecule has 0 aliphatic rings. The quantitative estimate of drug-likeness (QED) is 0.618. The number of esters is 1. The van der Waals surface area contributed by atoms with Crippen LogP contribution in [-0.4, -0.2) is 22.1 Å². The normalized spacial score (nSPS) is 9.75. The van der Waals surface area contributed by atoms with Crippen molar-refractivity contribution in [2.45, 2.75) is 19.9 Å². The maximum Gasteiger partial charge on any atom is 0.325 e. The van der Waals surface area contributed by atoms with Crippen molar-refractivity contribution >= 4 is 5.97 Å². The smallest absolute Gasteiger partial charge is 0.325 e. The van der Waals surface area contributed by atoms with E-state index in [-0.39, 0.29) is 12.5 Å². The number of hydrogen-bond donors (Lipinski definition) is 0. The van der Waals surface area contributed by atoms with E-state index in [9.17, 15) is 4.79 Å². The van der Waals surface area contributed by atoms with Gasteiger partial charge in [-0.3, -0.25) is 4.79 Å². The first-order chi connectivity index (χ1) is 5.83. The summed E-state index contributed by atoms with van der Waals surface area (Å²) in [6.07, 6.45) is 6.58. The van der Waals surface area contributed by atoms with Crippen molar-refractivity contribution < 1.29 is 9.53 Å². The molecule has 4 heteroatoms. The van der Waals surface area contributed by atoms with Gasteiger partial charge < -0.3 is 9.30 Å². The molecule has 0 aliphatic carbocycles. The fraction of sp³-hybridized carbons (Fsp3) is 0.500. The van der Waals surface area contributed by atoms with Crippen LogP contribution in [0, 0.1) is 6.20 Å². The second-order valence-corrected chi connectivity index (χ2v) is 2.40. The van der Waals surface area contributed by atoms with Gasteiger partial charge in [0.2, 0.25) is 0 Å². The van der Waals surface area contributed by atoms with E-state index < -0.39 is 0 Å². The molecule has 1 radical (unpaired) electrons. The Kier molecular flexibility index (Phi) is 3.32. The summed E-state index contributed by atoms with van der Waals surface area (Å²) < 4.78 is 6.49. The molecule has 1 aromatic rings. The summed E-state index contributed by atoms with van der Waals surface area (Å²) >= 11 is 0. The van der Waals surface area contributed by atoms with Gasteiger partial charge in [-0.1, -0.05) is 6.92 Å². The van der Waals surface area contributed by atoms with Crippen molar-refractivity contribution in [2.24, 2.45) is 0 Å². The van der Waals surface area contributed by atoms with Crippen LogP contribution in [0.1, 0.15) is 13.3 Å². The summed E-state index contributed by atoms with van der Waals surface area (Å²) in [5.41, 5.74) is 0. The van der Waals surface area contributed by atoms with Gasteiger partial charge in [0.05, 0.1) is 12.9 Å². The molecule has 0 saturated carbocycles. The number of carbonyl (C=O) groups excluding carboxylic acids is 1. The van der Waals surface area contributed by atoms with Crippen molar-refractivity contribution in [3.8, 4) is 0 Å². The average Bonchev–Trinajstić information content (AvgIpc) is 2.53. The van der Waals surface area contributed by atoms with Gasteiger partial charge in [0.15, 0.2) is 0 Å². The lowest BCUT2D eigenvalue weighted by Gasteiger charge is -2.02. The average molecular weight is 167 g/mol. The first kappa shape index (κ1) is 8.77. The Hall–Kier alpha value is -1.32. The van der Waals surface area contributed by atoms with Crippen LogP contribution >= 0.6 is 0 Å². The zero-order chi connectivity index (χ0) is 8.81. The zero-order valence-electron chi connectivity index (χ0n) is 6.99. The first-order valence-electron chi connectivity index (χ1n) is 3.86. The molecule has 0 saturated heterocycles. The van der Waals surface area contributed by atoms with E-state index in [2.05, 4.69) is 11.2 Å². The van der Waals surface area contributed by atoms with Gasteiger partial charge in [0.25, 0.3) is 0 Å². The highest BCUT2D eigenvalue weighted by molar-refractivity contribution is 5.69. The van der Waals surface area contributed by atoms with E-state index >= 15 is 0 Å². The third-order valence-electron chi connectivity index (χ3n) is 1.28. The molecule has 1 aromatic heterocycles. The lowest BCUT2D eigenvalue weighted by Crippen LogP contribution is -2.12. The summed E-state index contributed by atoms with van der Waals surface area (Å²) in [6, 6.07) is 0. The molecule has 0 aliphatic heterocycles. The van der Waals surface area contributed by atoms with Crippen LogP contribution in [0.15, 0.2) is 12.5 Å². The number of aromatic nitrogens is 2. The van der Waals surface area contributed by atoms with Crippen molar-refractivity contribution in [3.05, 3.63) is 18.7 Å². The van der Waals surface area contributed by atoms with Crippen molar-refractivity contribution in [1.29, 1.82) is 0 Å². The maximum absolute atomic E-state index is 11.0. The standard InChI is InChI=1S/C8H11N2O2/c1-2-5-12-8(11)6-10-4-3-9-7-10/h4,7H,2,5-6H2,1H3. The predicted octanol–water partition coefficient (Wildman–Crippen LogP) is 0.636. The highest BCUT2D eigenvalue weighted by Gasteiger charge is 2.01. The molecule has 1 rings (SSSR count). The van der Waals surface area contributed by atoms with Gasteiger partial charge in [0.1, 0.15) is 12.7 Å². The summed E-state index contributed by atoms with van der Waals surface area (Å²) in [7, 11) is 0. The maximum atomic E-state index is 11.0. The molecule has 0 bridgehead atoms. The van der Waals surface area contributed by atoms with Crippen molar-refractivity contribution in [3.63, 3.8) is 0 Å². The molecule has 0 spiro atoms. The Balaban J connectivity index is 2.27. The van der Waals surface area contributed by atoms with Crippen LogP contribution in [0.3, 0.4) is 0 Å². The molecule has 4 nitrogen and oxygen atoms in total. The van der Waals surface area contributed by atoms with Gasteiger partial charge in [0, 0.05) is 6.20 Å². The summed E-state index contributed by atoms with van der Waals surface area (Å²) in [5.74, 6) is -0.233. The second kappa shape index (κ2) is 4.54. The topological polar surface area (TPSA) is 44.1 Å². The van der Waals surface area contributed by atoms with Crippen LogP contribution in [0.2, 0.25) is 0 Å². The van der Waals surface area contributed by atoms with Gasteiger partial charge >= 0.3 is 5.97 Å². The molecule has 12 heavy (non-hydrogen) atoms. The molecule has 0 aromatic carbocycles. The third kappa shape index (κ3) is 2.74. The number of nitrogens with zero attached hydrogens (tertiary/aromatic N) is 2. The molecule has 0 amide bonds. The van der Waals surface area contributed by atoms with Gasteiger partial charge in [-0.05, 0) is 6.42 Å². The number of imidazole rings is 1. The van der Waals surface area contributed by atoms with Gasteiger partial charge in [-0.15, -0.1) is 0 Å². The van der Waals surface area contributed by atoms with E-state index in [4.69, 9.17) is 4.74 Å². The Morgan fingerprint density at radius 1 is 1.75 bits per heavy atom. The lowest BCUT2D eigenvalue weighted by atomic mass is 10.5. The zero-order valence-corrected chi connectivity index (χ0v) is 6.99.